The molecule has 0 spiro atoms. The Morgan fingerprint density at radius 1 is 1.40 bits per heavy atom. The van der Waals surface area contributed by atoms with Crippen LogP contribution in [0.25, 0.3) is 0 Å². The van der Waals surface area contributed by atoms with Crippen molar-refractivity contribution < 1.29 is 4.79 Å². The van der Waals surface area contributed by atoms with Crippen LogP contribution in [-0.2, 0) is 6.54 Å². The van der Waals surface area contributed by atoms with Gasteiger partial charge >= 0.3 is 0 Å². The smallest absolute Gasteiger partial charge is 0.251 e. The zero-order valence-corrected chi connectivity index (χ0v) is 14.0. The summed E-state index contributed by atoms with van der Waals surface area (Å²) in [6.07, 6.45) is 0. The average molecular weight is 354 g/mol. The fourth-order valence-corrected chi connectivity index (χ4v) is 3.26. The zero-order chi connectivity index (χ0) is 14.7. The Morgan fingerprint density at radius 2 is 2.15 bits per heavy atom. The summed E-state index contributed by atoms with van der Waals surface area (Å²) < 4.78 is 1.06. The summed E-state index contributed by atoms with van der Waals surface area (Å²) in [4.78, 5) is 16.2. The number of nitrogens with zero attached hydrogens (tertiary/aromatic N) is 1. The number of benzene rings is 1. The van der Waals surface area contributed by atoms with Crippen LogP contribution in [0.1, 0.15) is 26.6 Å². The lowest BCUT2D eigenvalue weighted by Crippen LogP contribution is -2.19. The van der Waals surface area contributed by atoms with Crippen LogP contribution >= 0.6 is 27.3 Å². The van der Waals surface area contributed by atoms with Crippen LogP contribution in [0, 0.1) is 13.8 Å². The van der Waals surface area contributed by atoms with E-state index < -0.39 is 0 Å². The first-order valence-corrected chi connectivity index (χ1v) is 7.81. The van der Waals surface area contributed by atoms with Gasteiger partial charge in [0.15, 0.2) is 0 Å². The summed E-state index contributed by atoms with van der Waals surface area (Å²) in [5.74, 6) is -0.0704. The zero-order valence-electron chi connectivity index (χ0n) is 11.6. The maximum atomic E-state index is 11.8. The molecule has 2 aromatic rings. The highest BCUT2D eigenvalue weighted by Gasteiger charge is 2.10. The molecule has 0 saturated carbocycles. The molecule has 0 fully saturated rings. The number of thiazole rings is 1. The molecule has 2 N–H and O–H groups in total. The Kier molecular flexibility index (Phi) is 4.77. The standard InChI is InChI=1S/C14H16BrN3OS/c1-8-10(14(19)16-3)5-4-6-11(8)17-7-12-18-9(2)13(15)20-12/h4-6,17H,7H2,1-3H3,(H,16,19). The van der Waals surface area contributed by atoms with Crippen molar-refractivity contribution in [2.24, 2.45) is 0 Å². The molecule has 6 heteroatoms. The fourth-order valence-electron chi connectivity index (χ4n) is 1.89. The molecule has 1 heterocycles. The van der Waals surface area contributed by atoms with E-state index in [1.165, 1.54) is 0 Å². The topological polar surface area (TPSA) is 54.0 Å². The highest BCUT2D eigenvalue weighted by molar-refractivity contribution is 9.11. The average Bonchev–Trinajstić information content (AvgIpc) is 2.76. The summed E-state index contributed by atoms with van der Waals surface area (Å²) in [5.41, 5.74) is 3.59. The van der Waals surface area contributed by atoms with Gasteiger partial charge in [-0.1, -0.05) is 6.07 Å². The molecule has 0 atom stereocenters. The second-order valence-electron chi connectivity index (χ2n) is 4.38. The molecular formula is C14H16BrN3OS. The maximum absolute atomic E-state index is 11.8. The third-order valence-corrected chi connectivity index (χ3v) is 5.03. The number of rotatable bonds is 4. The van der Waals surface area contributed by atoms with Gasteiger partial charge in [-0.25, -0.2) is 4.98 Å². The molecule has 20 heavy (non-hydrogen) atoms. The van der Waals surface area contributed by atoms with Crippen LogP contribution in [-0.4, -0.2) is 17.9 Å². The molecule has 0 radical (unpaired) electrons. The molecule has 0 aliphatic carbocycles. The summed E-state index contributed by atoms with van der Waals surface area (Å²) in [5, 5.41) is 7.00. The lowest BCUT2D eigenvalue weighted by molar-refractivity contribution is 0.0962. The third-order valence-electron chi connectivity index (χ3n) is 3.02. The molecule has 0 bridgehead atoms. The van der Waals surface area contributed by atoms with E-state index in [0.29, 0.717) is 12.1 Å². The normalized spacial score (nSPS) is 10.4. The van der Waals surface area contributed by atoms with Crippen molar-refractivity contribution >= 4 is 38.9 Å². The first-order valence-electron chi connectivity index (χ1n) is 6.20. The summed E-state index contributed by atoms with van der Waals surface area (Å²) >= 11 is 5.09. The largest absolute Gasteiger partial charge is 0.378 e. The molecule has 0 unspecified atom stereocenters. The van der Waals surface area contributed by atoms with Crippen LogP contribution in [0.2, 0.25) is 0 Å². The van der Waals surface area contributed by atoms with Crippen molar-refractivity contribution in [1.29, 1.82) is 0 Å². The minimum absolute atomic E-state index is 0.0704. The second-order valence-corrected chi connectivity index (χ2v) is 6.78. The maximum Gasteiger partial charge on any atom is 0.251 e. The van der Waals surface area contributed by atoms with Gasteiger partial charge in [-0.3, -0.25) is 4.79 Å². The Bertz CT molecular complexity index is 620. The van der Waals surface area contributed by atoms with Crippen molar-refractivity contribution in [3.63, 3.8) is 0 Å². The third kappa shape index (κ3) is 3.19. The van der Waals surface area contributed by atoms with Crippen LogP contribution in [0.5, 0.6) is 0 Å². The lowest BCUT2D eigenvalue weighted by atomic mass is 10.1. The van der Waals surface area contributed by atoms with Crippen molar-refractivity contribution in [1.82, 2.24) is 10.3 Å². The van der Waals surface area contributed by atoms with Gasteiger partial charge in [0.1, 0.15) is 5.01 Å². The number of amides is 1. The van der Waals surface area contributed by atoms with E-state index in [1.807, 2.05) is 32.0 Å². The minimum atomic E-state index is -0.0704. The van der Waals surface area contributed by atoms with Crippen LogP contribution in [0.4, 0.5) is 5.69 Å². The van der Waals surface area contributed by atoms with E-state index in [2.05, 4.69) is 31.5 Å². The van der Waals surface area contributed by atoms with Gasteiger partial charge in [0.05, 0.1) is 16.0 Å². The molecule has 1 amide bonds. The molecule has 4 nitrogen and oxygen atoms in total. The second kappa shape index (κ2) is 6.37. The van der Waals surface area contributed by atoms with Crippen LogP contribution in [0.3, 0.4) is 0 Å². The number of carbonyl (C=O) groups excluding carboxylic acids is 1. The molecule has 1 aromatic heterocycles. The number of halogens is 1. The molecule has 0 saturated heterocycles. The monoisotopic (exact) mass is 353 g/mol. The van der Waals surface area contributed by atoms with Gasteiger partial charge in [0, 0.05) is 18.3 Å². The molecule has 2 rings (SSSR count). The van der Waals surface area contributed by atoms with E-state index in [4.69, 9.17) is 0 Å². The highest BCUT2D eigenvalue weighted by atomic mass is 79.9. The van der Waals surface area contributed by atoms with Gasteiger partial charge < -0.3 is 10.6 Å². The van der Waals surface area contributed by atoms with Crippen molar-refractivity contribution in [3.8, 4) is 0 Å². The Hall–Kier alpha value is -1.40. The van der Waals surface area contributed by atoms with Crippen LogP contribution in [0.15, 0.2) is 22.0 Å². The fraction of sp³-hybridized carbons (Fsp3) is 0.286. The summed E-state index contributed by atoms with van der Waals surface area (Å²) in [6.45, 7) is 4.56. The summed E-state index contributed by atoms with van der Waals surface area (Å²) in [7, 11) is 1.64. The SMILES string of the molecule is CNC(=O)c1cccc(NCc2nc(C)c(Br)s2)c1C. The Labute approximate surface area is 130 Å². The number of nitrogens with one attached hydrogen (secondary N) is 2. The first kappa shape index (κ1) is 15.0. The van der Waals surface area contributed by atoms with Gasteiger partial charge in [-0.05, 0) is 47.5 Å². The number of hydrogen-bond acceptors (Lipinski definition) is 4. The Balaban J connectivity index is 2.15. The van der Waals surface area contributed by atoms with E-state index in [0.717, 1.165) is 25.7 Å². The van der Waals surface area contributed by atoms with E-state index in [-0.39, 0.29) is 5.91 Å². The quantitative estimate of drug-likeness (QED) is 0.884. The lowest BCUT2D eigenvalue weighted by Gasteiger charge is -2.11. The number of aryl methyl sites for hydroxylation is 1. The van der Waals surface area contributed by atoms with E-state index in [1.54, 1.807) is 18.4 Å². The summed E-state index contributed by atoms with van der Waals surface area (Å²) in [6, 6.07) is 5.67. The molecule has 106 valence electrons. The van der Waals surface area contributed by atoms with E-state index in [9.17, 15) is 4.79 Å². The predicted octanol–water partition coefficient (Wildman–Crippen LogP) is 3.49. The van der Waals surface area contributed by atoms with Crippen LogP contribution < -0.4 is 10.6 Å². The highest BCUT2D eigenvalue weighted by Crippen LogP contribution is 2.25. The molecule has 0 aliphatic heterocycles. The molecular weight excluding hydrogens is 338 g/mol. The predicted molar refractivity (Wildman–Crippen MR) is 86.4 cm³/mol. The van der Waals surface area contributed by atoms with Crippen molar-refractivity contribution in [2.45, 2.75) is 20.4 Å². The molecule has 0 aliphatic rings. The number of aromatic nitrogens is 1. The minimum Gasteiger partial charge on any atom is -0.378 e. The van der Waals surface area contributed by atoms with E-state index >= 15 is 0 Å². The number of hydrogen-bond donors (Lipinski definition) is 2. The van der Waals surface area contributed by atoms with Crippen molar-refractivity contribution in [2.75, 3.05) is 12.4 Å². The van der Waals surface area contributed by atoms with Gasteiger partial charge in [0.2, 0.25) is 0 Å². The van der Waals surface area contributed by atoms with Gasteiger partial charge in [-0.15, -0.1) is 11.3 Å². The van der Waals surface area contributed by atoms with Gasteiger partial charge in [-0.2, -0.15) is 0 Å². The number of anilines is 1. The Morgan fingerprint density at radius 3 is 2.75 bits per heavy atom. The van der Waals surface area contributed by atoms with Crippen molar-refractivity contribution in [3.05, 3.63) is 43.8 Å². The number of carbonyl (C=O) groups is 1. The molecule has 1 aromatic carbocycles. The van der Waals surface area contributed by atoms with Gasteiger partial charge in [0.25, 0.3) is 5.91 Å². The first-order chi connectivity index (χ1) is 9.52.